The van der Waals surface area contributed by atoms with E-state index in [-0.39, 0.29) is 30.8 Å². The minimum absolute atomic E-state index is 0.0933. The van der Waals surface area contributed by atoms with E-state index in [9.17, 15) is 14.4 Å². The summed E-state index contributed by atoms with van der Waals surface area (Å²) in [7, 11) is 1.33. The van der Waals surface area contributed by atoms with Crippen LogP contribution in [0.1, 0.15) is 64.5 Å². The van der Waals surface area contributed by atoms with Gasteiger partial charge < -0.3 is 15.0 Å². The lowest BCUT2D eigenvalue weighted by atomic mass is 9.94. The maximum Gasteiger partial charge on any atom is 0.337 e. The summed E-state index contributed by atoms with van der Waals surface area (Å²) < 4.78 is 4.82. The van der Waals surface area contributed by atoms with Crippen LogP contribution in [0.15, 0.2) is 66.3 Å². The van der Waals surface area contributed by atoms with E-state index in [1.54, 1.807) is 41.6 Å². The average Bonchev–Trinajstić information content (AvgIpc) is 3.42. The van der Waals surface area contributed by atoms with E-state index in [0.717, 1.165) is 36.1 Å². The number of aromatic nitrogens is 1. The third-order valence-corrected chi connectivity index (χ3v) is 7.34. The molecule has 1 aliphatic carbocycles. The quantitative estimate of drug-likeness (QED) is 0.426. The number of nitrogens with one attached hydrogen (secondary N) is 1. The fourth-order valence-electron chi connectivity index (χ4n) is 4.59. The zero-order valence-electron chi connectivity index (χ0n) is 20.4. The van der Waals surface area contributed by atoms with Crippen LogP contribution < -0.4 is 5.32 Å². The van der Waals surface area contributed by atoms with Crippen LogP contribution in [0, 0.1) is 0 Å². The van der Waals surface area contributed by atoms with Crippen molar-refractivity contribution in [2.24, 2.45) is 0 Å². The molecular weight excluding hydrogens is 474 g/mol. The number of carbonyl (C=O) groups excluding carboxylic acids is 3. The predicted octanol–water partition coefficient (Wildman–Crippen LogP) is 4.69. The summed E-state index contributed by atoms with van der Waals surface area (Å²) in [6, 6.07) is 13.5. The number of thiophene rings is 1. The minimum Gasteiger partial charge on any atom is -0.465 e. The molecule has 1 fully saturated rings. The second-order valence-electron chi connectivity index (χ2n) is 9.00. The molecule has 0 bridgehead atoms. The molecule has 1 aromatic carbocycles. The van der Waals surface area contributed by atoms with Gasteiger partial charge in [-0.1, -0.05) is 43.5 Å². The molecule has 1 saturated carbocycles. The van der Waals surface area contributed by atoms with E-state index in [4.69, 9.17) is 4.74 Å². The fraction of sp³-hybridized carbons (Fsp3) is 0.357. The molecule has 1 atom stereocenters. The first kappa shape index (κ1) is 25.6. The smallest absolute Gasteiger partial charge is 0.337 e. The molecule has 7 nitrogen and oxygen atoms in total. The van der Waals surface area contributed by atoms with Crippen LogP contribution in [0.5, 0.6) is 0 Å². The average molecular weight is 506 g/mol. The van der Waals surface area contributed by atoms with Crippen molar-refractivity contribution in [2.45, 2.75) is 57.2 Å². The number of rotatable bonds is 9. The van der Waals surface area contributed by atoms with Crippen molar-refractivity contribution in [3.63, 3.8) is 0 Å². The number of hydrogen-bond donors (Lipinski definition) is 1. The van der Waals surface area contributed by atoms with Gasteiger partial charge in [-0.25, -0.2) is 4.79 Å². The molecule has 0 radical (unpaired) electrons. The van der Waals surface area contributed by atoms with Crippen LogP contribution in [-0.2, 0) is 27.3 Å². The largest absolute Gasteiger partial charge is 0.465 e. The second kappa shape index (κ2) is 12.4. The first-order valence-electron chi connectivity index (χ1n) is 12.2. The lowest BCUT2D eigenvalue weighted by Crippen LogP contribution is -2.47. The highest BCUT2D eigenvalue weighted by molar-refractivity contribution is 7.10. The zero-order chi connectivity index (χ0) is 25.3. The summed E-state index contributed by atoms with van der Waals surface area (Å²) in [5, 5.41) is 5.15. The monoisotopic (exact) mass is 505 g/mol. The Balaban J connectivity index is 1.69. The number of carbonyl (C=O) groups is 3. The molecular formula is C28H31N3O4S. The Bertz CT molecular complexity index is 1140. The van der Waals surface area contributed by atoms with Gasteiger partial charge in [0.25, 0.3) is 0 Å². The number of pyridine rings is 1. The summed E-state index contributed by atoms with van der Waals surface area (Å²) >= 11 is 1.52. The molecule has 8 heteroatoms. The Morgan fingerprint density at radius 3 is 2.50 bits per heavy atom. The topological polar surface area (TPSA) is 88.6 Å². The molecule has 1 N–H and O–H groups in total. The van der Waals surface area contributed by atoms with Gasteiger partial charge in [-0.2, -0.15) is 0 Å². The van der Waals surface area contributed by atoms with E-state index in [1.807, 2.05) is 29.6 Å². The Labute approximate surface area is 215 Å². The number of benzene rings is 1. The SMILES string of the molecule is COC(=O)c1ccc([C@@H](C(=O)NC2CCCCC2)N(Cc2cccnc2)C(=O)Cc2cccs2)cc1. The number of esters is 1. The van der Waals surface area contributed by atoms with E-state index in [1.165, 1.54) is 24.9 Å². The molecule has 0 aliphatic heterocycles. The second-order valence-corrected chi connectivity index (χ2v) is 10.0. The first-order valence-corrected chi connectivity index (χ1v) is 13.1. The van der Waals surface area contributed by atoms with Gasteiger partial charge in [0.05, 0.1) is 19.1 Å². The third kappa shape index (κ3) is 6.57. The number of methoxy groups -OCH3 is 1. The van der Waals surface area contributed by atoms with Gasteiger partial charge in [0.2, 0.25) is 11.8 Å². The Hall–Kier alpha value is -3.52. The lowest BCUT2D eigenvalue weighted by molar-refractivity contribution is -0.141. The van der Waals surface area contributed by atoms with Gasteiger partial charge in [-0.15, -0.1) is 11.3 Å². The summed E-state index contributed by atoms with van der Waals surface area (Å²) in [4.78, 5) is 46.3. The molecule has 2 heterocycles. The molecule has 4 rings (SSSR count). The number of ether oxygens (including phenoxy) is 1. The summed E-state index contributed by atoms with van der Waals surface area (Å²) in [6.45, 7) is 0.236. The van der Waals surface area contributed by atoms with Crippen LogP contribution in [0.3, 0.4) is 0 Å². The van der Waals surface area contributed by atoms with Gasteiger partial charge in [-0.3, -0.25) is 14.6 Å². The molecule has 1 aliphatic rings. The first-order chi connectivity index (χ1) is 17.5. The molecule has 2 amide bonds. The highest BCUT2D eigenvalue weighted by atomic mass is 32.1. The molecule has 188 valence electrons. The number of hydrogen-bond acceptors (Lipinski definition) is 6. The van der Waals surface area contributed by atoms with Crippen LogP contribution in [0.25, 0.3) is 0 Å². The molecule has 0 unspecified atom stereocenters. The van der Waals surface area contributed by atoms with Crippen molar-refractivity contribution in [3.8, 4) is 0 Å². The molecule has 2 aromatic heterocycles. The number of amides is 2. The summed E-state index contributed by atoms with van der Waals surface area (Å²) in [6.07, 6.45) is 8.81. The van der Waals surface area contributed by atoms with Crippen molar-refractivity contribution >= 4 is 29.1 Å². The molecule has 0 saturated heterocycles. The van der Waals surface area contributed by atoms with Gasteiger partial charge >= 0.3 is 5.97 Å². The van der Waals surface area contributed by atoms with Crippen LogP contribution in [0.2, 0.25) is 0 Å². The summed E-state index contributed by atoms with van der Waals surface area (Å²) in [5.41, 5.74) is 1.86. The maximum atomic E-state index is 13.8. The van der Waals surface area contributed by atoms with E-state index < -0.39 is 12.0 Å². The summed E-state index contributed by atoms with van der Waals surface area (Å²) in [5.74, 6) is -0.816. The van der Waals surface area contributed by atoms with Crippen LogP contribution in [0.4, 0.5) is 0 Å². The molecule has 36 heavy (non-hydrogen) atoms. The van der Waals surface area contributed by atoms with Crippen molar-refractivity contribution in [1.29, 1.82) is 0 Å². The van der Waals surface area contributed by atoms with Crippen molar-refractivity contribution in [1.82, 2.24) is 15.2 Å². The highest BCUT2D eigenvalue weighted by Crippen LogP contribution is 2.27. The van der Waals surface area contributed by atoms with Gasteiger partial charge in [0, 0.05) is 29.9 Å². The van der Waals surface area contributed by atoms with Crippen molar-refractivity contribution < 1.29 is 19.1 Å². The maximum absolute atomic E-state index is 13.8. The van der Waals surface area contributed by atoms with Gasteiger partial charge in [0.15, 0.2) is 0 Å². The number of nitrogens with zero attached hydrogens (tertiary/aromatic N) is 2. The normalized spacial score (nSPS) is 14.6. The Morgan fingerprint density at radius 2 is 1.86 bits per heavy atom. The fourth-order valence-corrected chi connectivity index (χ4v) is 5.29. The highest BCUT2D eigenvalue weighted by Gasteiger charge is 2.33. The van der Waals surface area contributed by atoms with Crippen LogP contribution >= 0.6 is 11.3 Å². The van der Waals surface area contributed by atoms with Gasteiger partial charge in [-0.05, 0) is 53.6 Å². The Kier molecular flexibility index (Phi) is 8.84. The zero-order valence-corrected chi connectivity index (χ0v) is 21.2. The van der Waals surface area contributed by atoms with E-state index in [2.05, 4.69) is 10.3 Å². The third-order valence-electron chi connectivity index (χ3n) is 6.46. The minimum atomic E-state index is -0.855. The van der Waals surface area contributed by atoms with Crippen molar-refractivity contribution in [3.05, 3.63) is 87.9 Å². The van der Waals surface area contributed by atoms with Gasteiger partial charge in [0.1, 0.15) is 6.04 Å². The lowest BCUT2D eigenvalue weighted by Gasteiger charge is -2.33. The molecule has 3 aromatic rings. The Morgan fingerprint density at radius 1 is 1.08 bits per heavy atom. The predicted molar refractivity (Wildman–Crippen MR) is 138 cm³/mol. The van der Waals surface area contributed by atoms with Crippen LogP contribution in [-0.4, -0.2) is 40.8 Å². The molecule has 0 spiro atoms. The van der Waals surface area contributed by atoms with E-state index >= 15 is 0 Å². The van der Waals surface area contributed by atoms with Crippen molar-refractivity contribution in [2.75, 3.05) is 7.11 Å². The standard InChI is InChI=1S/C28H31N3O4S/c1-35-28(34)22-13-11-21(12-14-22)26(27(33)30-23-8-3-2-4-9-23)31(19-20-7-5-15-29-18-20)25(32)17-24-10-6-16-36-24/h5-7,10-16,18,23,26H,2-4,8-9,17,19H2,1H3,(H,30,33)/t26-/m0/s1. The van der Waals surface area contributed by atoms with E-state index in [0.29, 0.717) is 11.1 Å².